The SMILES string of the molecule is Cc1ncccc1C(CCCC1CCCO1)NN. The topological polar surface area (TPSA) is 60.2 Å². The average molecular weight is 249 g/mol. The molecule has 1 aliphatic rings. The van der Waals surface area contributed by atoms with E-state index in [9.17, 15) is 0 Å². The molecule has 0 spiro atoms. The first kappa shape index (κ1) is 13.5. The first-order valence-corrected chi connectivity index (χ1v) is 6.80. The van der Waals surface area contributed by atoms with Crippen molar-refractivity contribution in [3.8, 4) is 0 Å². The fraction of sp³-hybridized carbons (Fsp3) is 0.643. The molecule has 0 radical (unpaired) electrons. The molecule has 0 bridgehead atoms. The Labute approximate surface area is 109 Å². The number of pyridine rings is 1. The van der Waals surface area contributed by atoms with Crippen LogP contribution >= 0.6 is 0 Å². The molecule has 1 aromatic rings. The zero-order valence-corrected chi connectivity index (χ0v) is 11.1. The van der Waals surface area contributed by atoms with Crippen LogP contribution in [0.4, 0.5) is 0 Å². The van der Waals surface area contributed by atoms with Gasteiger partial charge in [0, 0.05) is 24.5 Å². The Morgan fingerprint density at radius 1 is 1.61 bits per heavy atom. The van der Waals surface area contributed by atoms with Crippen LogP contribution in [0.2, 0.25) is 0 Å². The fourth-order valence-electron chi connectivity index (χ4n) is 2.62. The van der Waals surface area contributed by atoms with Crippen molar-refractivity contribution in [1.82, 2.24) is 10.4 Å². The summed E-state index contributed by atoms with van der Waals surface area (Å²) in [6.07, 6.45) is 8.02. The lowest BCUT2D eigenvalue weighted by Crippen LogP contribution is -2.29. The van der Waals surface area contributed by atoms with E-state index in [0.29, 0.717) is 6.10 Å². The molecule has 0 aliphatic carbocycles. The van der Waals surface area contributed by atoms with Crippen LogP contribution in [-0.2, 0) is 4.74 Å². The highest BCUT2D eigenvalue weighted by Crippen LogP contribution is 2.23. The summed E-state index contributed by atoms with van der Waals surface area (Å²) in [7, 11) is 0. The number of hydrogen-bond acceptors (Lipinski definition) is 4. The second-order valence-corrected chi connectivity index (χ2v) is 4.96. The molecule has 18 heavy (non-hydrogen) atoms. The van der Waals surface area contributed by atoms with Gasteiger partial charge in [0.05, 0.1) is 6.10 Å². The van der Waals surface area contributed by atoms with Crippen molar-refractivity contribution in [2.24, 2.45) is 5.84 Å². The standard InChI is InChI=1S/C14H23N3O/c1-11-13(7-3-9-16-11)14(17-15)8-2-5-12-6-4-10-18-12/h3,7,9,12,14,17H,2,4-6,8,10,15H2,1H3. The Morgan fingerprint density at radius 3 is 3.17 bits per heavy atom. The first-order chi connectivity index (χ1) is 8.81. The van der Waals surface area contributed by atoms with E-state index >= 15 is 0 Å². The lowest BCUT2D eigenvalue weighted by Gasteiger charge is -2.18. The van der Waals surface area contributed by atoms with Crippen molar-refractivity contribution >= 4 is 0 Å². The summed E-state index contributed by atoms with van der Waals surface area (Å²) in [5, 5.41) is 0. The molecule has 0 saturated carbocycles. The minimum absolute atomic E-state index is 0.195. The van der Waals surface area contributed by atoms with Crippen molar-refractivity contribution in [3.05, 3.63) is 29.6 Å². The normalized spacial score (nSPS) is 21.1. The summed E-state index contributed by atoms with van der Waals surface area (Å²) in [6.45, 7) is 2.96. The van der Waals surface area contributed by atoms with Crippen LogP contribution in [0.25, 0.3) is 0 Å². The molecule has 0 aromatic carbocycles. The predicted molar refractivity (Wildman–Crippen MR) is 71.9 cm³/mol. The van der Waals surface area contributed by atoms with Gasteiger partial charge in [0.2, 0.25) is 0 Å². The molecule has 4 heteroatoms. The molecular weight excluding hydrogens is 226 g/mol. The Morgan fingerprint density at radius 2 is 2.50 bits per heavy atom. The number of aryl methyl sites for hydroxylation is 1. The molecule has 4 nitrogen and oxygen atoms in total. The van der Waals surface area contributed by atoms with E-state index in [2.05, 4.69) is 16.5 Å². The number of aromatic nitrogens is 1. The average Bonchev–Trinajstić information content (AvgIpc) is 2.89. The highest BCUT2D eigenvalue weighted by molar-refractivity contribution is 5.22. The third-order valence-electron chi connectivity index (χ3n) is 3.67. The largest absolute Gasteiger partial charge is 0.378 e. The number of ether oxygens (including phenoxy) is 1. The molecule has 2 unspecified atom stereocenters. The second-order valence-electron chi connectivity index (χ2n) is 4.96. The summed E-state index contributed by atoms with van der Waals surface area (Å²) in [5.41, 5.74) is 5.16. The third-order valence-corrected chi connectivity index (χ3v) is 3.67. The summed E-state index contributed by atoms with van der Waals surface area (Å²) in [4.78, 5) is 4.31. The smallest absolute Gasteiger partial charge is 0.0576 e. The molecule has 3 N–H and O–H groups in total. The van der Waals surface area contributed by atoms with Crippen molar-refractivity contribution in [2.45, 2.75) is 51.2 Å². The molecule has 1 aromatic heterocycles. The van der Waals surface area contributed by atoms with Crippen molar-refractivity contribution in [1.29, 1.82) is 0 Å². The van der Waals surface area contributed by atoms with Gasteiger partial charge in [0.15, 0.2) is 0 Å². The van der Waals surface area contributed by atoms with Crippen LogP contribution in [-0.4, -0.2) is 17.7 Å². The fourth-order valence-corrected chi connectivity index (χ4v) is 2.62. The van der Waals surface area contributed by atoms with Gasteiger partial charge >= 0.3 is 0 Å². The third kappa shape index (κ3) is 3.51. The van der Waals surface area contributed by atoms with Crippen LogP contribution in [0.1, 0.15) is 49.4 Å². The number of nitrogens with two attached hydrogens (primary N) is 1. The molecule has 1 saturated heterocycles. The van der Waals surface area contributed by atoms with Crippen molar-refractivity contribution in [3.63, 3.8) is 0 Å². The quantitative estimate of drug-likeness (QED) is 0.599. The van der Waals surface area contributed by atoms with Gasteiger partial charge in [0.1, 0.15) is 0 Å². The molecule has 2 rings (SSSR count). The Bertz CT molecular complexity index is 364. The van der Waals surface area contributed by atoms with Crippen LogP contribution < -0.4 is 11.3 Å². The lowest BCUT2D eigenvalue weighted by atomic mass is 9.99. The lowest BCUT2D eigenvalue weighted by molar-refractivity contribution is 0.101. The van der Waals surface area contributed by atoms with E-state index in [1.807, 2.05) is 19.2 Å². The Kier molecular flexibility index (Phi) is 5.11. The molecule has 1 aliphatic heterocycles. The summed E-state index contributed by atoms with van der Waals surface area (Å²) >= 11 is 0. The van der Waals surface area contributed by atoms with Gasteiger partial charge < -0.3 is 4.74 Å². The maximum Gasteiger partial charge on any atom is 0.0576 e. The van der Waals surface area contributed by atoms with E-state index in [4.69, 9.17) is 10.6 Å². The minimum atomic E-state index is 0.195. The number of rotatable bonds is 6. The van der Waals surface area contributed by atoms with E-state index in [1.54, 1.807) is 0 Å². The van der Waals surface area contributed by atoms with Crippen LogP contribution in [0.5, 0.6) is 0 Å². The first-order valence-electron chi connectivity index (χ1n) is 6.80. The predicted octanol–water partition coefficient (Wildman–Crippen LogP) is 2.24. The van der Waals surface area contributed by atoms with Crippen molar-refractivity contribution in [2.75, 3.05) is 6.61 Å². The summed E-state index contributed by atoms with van der Waals surface area (Å²) in [6, 6.07) is 4.26. The summed E-state index contributed by atoms with van der Waals surface area (Å²) in [5.74, 6) is 5.66. The minimum Gasteiger partial charge on any atom is -0.378 e. The monoisotopic (exact) mass is 249 g/mol. The summed E-state index contributed by atoms with van der Waals surface area (Å²) < 4.78 is 5.63. The van der Waals surface area contributed by atoms with Gasteiger partial charge in [-0.05, 0) is 50.7 Å². The highest BCUT2D eigenvalue weighted by Gasteiger charge is 2.17. The van der Waals surface area contributed by atoms with E-state index in [-0.39, 0.29) is 6.04 Å². The second kappa shape index (κ2) is 6.83. The van der Waals surface area contributed by atoms with Crippen LogP contribution in [0, 0.1) is 6.92 Å². The highest BCUT2D eigenvalue weighted by atomic mass is 16.5. The number of hydrogen-bond donors (Lipinski definition) is 2. The molecule has 0 amide bonds. The van der Waals surface area contributed by atoms with Gasteiger partial charge in [-0.1, -0.05) is 6.07 Å². The Hall–Kier alpha value is -0.970. The number of hydrazine groups is 1. The van der Waals surface area contributed by atoms with Gasteiger partial charge in [-0.15, -0.1) is 0 Å². The molecule has 1 fully saturated rings. The van der Waals surface area contributed by atoms with Crippen LogP contribution in [0.3, 0.4) is 0 Å². The van der Waals surface area contributed by atoms with Gasteiger partial charge in [-0.2, -0.15) is 0 Å². The molecule has 2 heterocycles. The van der Waals surface area contributed by atoms with E-state index in [0.717, 1.165) is 31.6 Å². The van der Waals surface area contributed by atoms with Gasteiger partial charge in [-0.3, -0.25) is 16.3 Å². The maximum absolute atomic E-state index is 5.66. The van der Waals surface area contributed by atoms with Gasteiger partial charge in [0.25, 0.3) is 0 Å². The van der Waals surface area contributed by atoms with Gasteiger partial charge in [-0.25, -0.2) is 0 Å². The number of nitrogens with one attached hydrogen (secondary N) is 1. The zero-order chi connectivity index (χ0) is 12.8. The molecule has 2 atom stereocenters. The molecular formula is C14H23N3O. The van der Waals surface area contributed by atoms with Crippen LogP contribution in [0.15, 0.2) is 18.3 Å². The Balaban J connectivity index is 1.83. The number of nitrogens with zero attached hydrogens (tertiary/aromatic N) is 1. The zero-order valence-electron chi connectivity index (χ0n) is 11.1. The maximum atomic E-state index is 5.66. The molecule has 100 valence electrons. The van der Waals surface area contributed by atoms with E-state index < -0.39 is 0 Å². The van der Waals surface area contributed by atoms with E-state index in [1.165, 1.54) is 18.4 Å². The van der Waals surface area contributed by atoms with Crippen molar-refractivity contribution < 1.29 is 4.74 Å².